The molecule has 2 amide bonds. The number of amides is 2. The number of aromatic nitrogens is 1. The molecule has 102 valence electrons. The summed E-state index contributed by atoms with van der Waals surface area (Å²) >= 11 is 0. The Bertz CT molecular complexity index is 490. The van der Waals surface area contributed by atoms with E-state index in [0.717, 1.165) is 12.8 Å². The maximum absolute atomic E-state index is 12.1. The molecule has 0 aliphatic carbocycles. The van der Waals surface area contributed by atoms with Crippen LogP contribution in [0.2, 0.25) is 0 Å². The van der Waals surface area contributed by atoms with Gasteiger partial charge in [-0.15, -0.1) is 0 Å². The lowest BCUT2D eigenvalue weighted by Gasteiger charge is -2.31. The van der Waals surface area contributed by atoms with Gasteiger partial charge in [0.25, 0.3) is 0 Å². The zero-order valence-electron chi connectivity index (χ0n) is 10.8. The Morgan fingerprint density at radius 1 is 1.53 bits per heavy atom. The first-order valence-electron chi connectivity index (χ1n) is 6.32. The van der Waals surface area contributed by atoms with Crippen LogP contribution in [0.1, 0.15) is 30.3 Å². The topological polar surface area (TPSA) is 82.5 Å². The lowest BCUT2D eigenvalue weighted by atomic mass is 10.0. The van der Waals surface area contributed by atoms with Gasteiger partial charge in [0.1, 0.15) is 0 Å². The number of nitrogens with one attached hydrogen (secondary N) is 1. The number of pyridine rings is 1. The Labute approximate surface area is 111 Å². The molecule has 1 unspecified atom stereocenters. The molecule has 0 spiro atoms. The number of likely N-dealkylation sites (tertiary alicyclic amines) is 1. The molecule has 2 rings (SSSR count). The predicted octanol–water partition coefficient (Wildman–Crippen LogP) is 2.04. The quantitative estimate of drug-likeness (QED) is 0.855. The van der Waals surface area contributed by atoms with Crippen molar-refractivity contribution in [1.29, 1.82) is 0 Å². The summed E-state index contributed by atoms with van der Waals surface area (Å²) in [4.78, 5) is 28.6. The molecule has 2 N–H and O–H groups in total. The highest BCUT2D eigenvalue weighted by molar-refractivity contribution is 5.98. The second kappa shape index (κ2) is 5.69. The zero-order valence-corrected chi connectivity index (χ0v) is 10.8. The van der Waals surface area contributed by atoms with E-state index in [9.17, 15) is 9.59 Å². The van der Waals surface area contributed by atoms with Crippen molar-refractivity contribution in [2.75, 3.05) is 18.4 Å². The van der Waals surface area contributed by atoms with Crippen LogP contribution in [-0.2, 0) is 0 Å². The van der Waals surface area contributed by atoms with Gasteiger partial charge in [0.05, 0.1) is 5.69 Å². The van der Waals surface area contributed by atoms with Gasteiger partial charge in [0.2, 0.25) is 0 Å². The molecule has 1 aromatic heterocycles. The molecule has 1 aromatic rings. The number of piperidine rings is 1. The second-order valence-corrected chi connectivity index (χ2v) is 4.83. The van der Waals surface area contributed by atoms with E-state index in [2.05, 4.69) is 17.2 Å². The minimum atomic E-state index is -1.15. The molecule has 1 fully saturated rings. The maximum atomic E-state index is 12.1. The van der Waals surface area contributed by atoms with Crippen LogP contribution in [0.4, 0.5) is 10.5 Å². The highest BCUT2D eigenvalue weighted by Gasteiger charge is 2.22. The Hall–Kier alpha value is -2.11. The van der Waals surface area contributed by atoms with Crippen LogP contribution in [0.15, 0.2) is 18.3 Å². The fourth-order valence-corrected chi connectivity index (χ4v) is 2.24. The van der Waals surface area contributed by atoms with Gasteiger partial charge in [-0.1, -0.05) is 6.92 Å². The number of anilines is 1. The van der Waals surface area contributed by atoms with E-state index in [1.165, 1.54) is 6.20 Å². The summed E-state index contributed by atoms with van der Waals surface area (Å²) in [5, 5.41) is 11.6. The van der Waals surface area contributed by atoms with E-state index in [1.54, 1.807) is 17.0 Å². The molecule has 1 aliphatic heterocycles. The van der Waals surface area contributed by atoms with Crippen molar-refractivity contribution >= 4 is 17.7 Å². The third-order valence-corrected chi connectivity index (χ3v) is 3.20. The first kappa shape index (κ1) is 13.3. The highest BCUT2D eigenvalue weighted by Crippen LogP contribution is 2.18. The maximum Gasteiger partial charge on any atom is 0.356 e. The molecule has 6 heteroatoms. The monoisotopic (exact) mass is 263 g/mol. The van der Waals surface area contributed by atoms with Crippen molar-refractivity contribution in [3.63, 3.8) is 0 Å². The molecule has 2 heterocycles. The number of hydrogen-bond donors (Lipinski definition) is 2. The molecule has 0 saturated carbocycles. The lowest BCUT2D eigenvalue weighted by Crippen LogP contribution is -2.41. The average molecular weight is 263 g/mol. The summed E-state index contributed by atoms with van der Waals surface area (Å²) in [5.74, 6) is -0.671. The van der Waals surface area contributed by atoms with Crippen molar-refractivity contribution in [1.82, 2.24) is 9.88 Å². The minimum Gasteiger partial charge on any atom is -0.476 e. The number of aromatic carboxylic acids is 1. The summed E-state index contributed by atoms with van der Waals surface area (Å²) in [6, 6.07) is 2.88. The minimum absolute atomic E-state index is 0.138. The fraction of sp³-hybridized carbons (Fsp3) is 0.462. The van der Waals surface area contributed by atoms with Crippen molar-refractivity contribution in [2.45, 2.75) is 19.8 Å². The van der Waals surface area contributed by atoms with E-state index in [1.807, 2.05) is 0 Å². The van der Waals surface area contributed by atoms with Gasteiger partial charge in [0, 0.05) is 19.3 Å². The van der Waals surface area contributed by atoms with Crippen molar-refractivity contribution < 1.29 is 14.7 Å². The average Bonchev–Trinajstić information content (AvgIpc) is 2.39. The summed E-state index contributed by atoms with van der Waals surface area (Å²) in [6.07, 6.45) is 3.49. The molecular weight excluding hydrogens is 246 g/mol. The molecular formula is C13H17N3O3. The molecule has 1 atom stereocenters. The molecule has 1 saturated heterocycles. The van der Waals surface area contributed by atoms with Crippen LogP contribution in [0.5, 0.6) is 0 Å². The molecule has 0 radical (unpaired) electrons. The highest BCUT2D eigenvalue weighted by atomic mass is 16.4. The lowest BCUT2D eigenvalue weighted by molar-refractivity contribution is 0.0691. The standard InChI is InChI=1S/C13H17N3O3/c1-9-4-3-7-16(8-9)13(19)15-10-5-2-6-14-11(10)12(17)18/h2,5-6,9H,3-4,7-8H2,1H3,(H,15,19)(H,17,18). The predicted molar refractivity (Wildman–Crippen MR) is 70.2 cm³/mol. The van der Waals surface area contributed by atoms with Crippen molar-refractivity contribution in [3.05, 3.63) is 24.0 Å². The number of carbonyl (C=O) groups is 2. The molecule has 0 aromatic carbocycles. The molecule has 19 heavy (non-hydrogen) atoms. The summed E-state index contributed by atoms with van der Waals surface area (Å²) < 4.78 is 0. The van der Waals surface area contributed by atoms with E-state index < -0.39 is 5.97 Å². The van der Waals surface area contributed by atoms with E-state index in [-0.39, 0.29) is 17.4 Å². The van der Waals surface area contributed by atoms with E-state index in [4.69, 9.17) is 5.11 Å². The third-order valence-electron chi connectivity index (χ3n) is 3.20. The Morgan fingerprint density at radius 2 is 2.32 bits per heavy atom. The Kier molecular flexibility index (Phi) is 3.99. The van der Waals surface area contributed by atoms with Crippen LogP contribution >= 0.6 is 0 Å². The number of carbonyl (C=O) groups excluding carboxylic acids is 1. The first-order chi connectivity index (χ1) is 9.08. The van der Waals surface area contributed by atoms with Gasteiger partial charge in [-0.3, -0.25) is 0 Å². The molecule has 1 aliphatic rings. The fourth-order valence-electron chi connectivity index (χ4n) is 2.24. The normalized spacial score (nSPS) is 19.0. The van der Waals surface area contributed by atoms with E-state index in [0.29, 0.717) is 19.0 Å². The van der Waals surface area contributed by atoms with Gasteiger partial charge >= 0.3 is 12.0 Å². The van der Waals surface area contributed by atoms with Gasteiger partial charge in [0.15, 0.2) is 5.69 Å². The number of hydrogen-bond acceptors (Lipinski definition) is 3. The molecule has 0 bridgehead atoms. The smallest absolute Gasteiger partial charge is 0.356 e. The first-order valence-corrected chi connectivity index (χ1v) is 6.32. The number of urea groups is 1. The van der Waals surface area contributed by atoms with Crippen LogP contribution in [0.3, 0.4) is 0 Å². The zero-order chi connectivity index (χ0) is 13.8. The number of carboxylic acids is 1. The van der Waals surface area contributed by atoms with Crippen LogP contribution < -0.4 is 5.32 Å². The van der Waals surface area contributed by atoms with Crippen LogP contribution in [0.25, 0.3) is 0 Å². The molecule has 6 nitrogen and oxygen atoms in total. The van der Waals surface area contributed by atoms with Gasteiger partial charge in [-0.05, 0) is 30.9 Å². The third kappa shape index (κ3) is 3.21. The van der Waals surface area contributed by atoms with Gasteiger partial charge < -0.3 is 15.3 Å². The summed E-state index contributed by atoms with van der Waals surface area (Å²) in [7, 11) is 0. The number of carboxylic acid groups (broad SMARTS) is 1. The van der Waals surface area contributed by atoms with E-state index >= 15 is 0 Å². The Morgan fingerprint density at radius 3 is 3.00 bits per heavy atom. The summed E-state index contributed by atoms with van der Waals surface area (Å²) in [5.41, 5.74) is 0.0964. The van der Waals surface area contributed by atoms with Crippen LogP contribution in [-0.4, -0.2) is 40.1 Å². The number of rotatable bonds is 2. The number of nitrogens with zero attached hydrogens (tertiary/aromatic N) is 2. The van der Waals surface area contributed by atoms with Crippen molar-refractivity contribution in [2.24, 2.45) is 5.92 Å². The van der Waals surface area contributed by atoms with Crippen molar-refractivity contribution in [3.8, 4) is 0 Å². The largest absolute Gasteiger partial charge is 0.476 e. The van der Waals surface area contributed by atoms with Gasteiger partial charge in [-0.2, -0.15) is 0 Å². The second-order valence-electron chi connectivity index (χ2n) is 4.83. The van der Waals surface area contributed by atoms with Gasteiger partial charge in [-0.25, -0.2) is 14.6 Å². The van der Waals surface area contributed by atoms with Crippen LogP contribution in [0, 0.1) is 5.92 Å². The summed E-state index contributed by atoms with van der Waals surface area (Å²) in [6.45, 7) is 3.51. The Balaban J connectivity index is 2.08. The SMILES string of the molecule is CC1CCCN(C(=O)Nc2cccnc2C(=O)O)C1.